The van der Waals surface area contributed by atoms with E-state index in [9.17, 15) is 4.79 Å². The standard InChI is InChI=1S/C30H51NO14/c1-12-19(32)31-20-15(2)42-29(27(39-10)24(20)36-7)44-23-18(14-34-5)43-30(28(40-11)26(23)38-9)45-22-17(13-33-4)41-16(3)21(35-6)25(22)37-8/h1,15-18,20-30H,13-14H2,2-11H3,(H,31,32)/t15?,16?,17?,18?,20?,21?,22?,23?,24?,25-,26?,27?,28?,29?,30?/m0/s1. The highest BCUT2D eigenvalue weighted by Crippen LogP contribution is 2.36. The van der Waals surface area contributed by atoms with Gasteiger partial charge in [-0.15, -0.1) is 6.42 Å². The lowest BCUT2D eigenvalue weighted by Crippen LogP contribution is -2.68. The number of methoxy groups -OCH3 is 8. The highest BCUT2D eigenvalue weighted by Gasteiger charge is 2.55. The van der Waals surface area contributed by atoms with Crippen molar-refractivity contribution in [2.45, 2.75) is 106 Å². The number of rotatable bonds is 15. The normalized spacial score (nSPS) is 42.2. The summed E-state index contributed by atoms with van der Waals surface area (Å²) in [5, 5.41) is 2.74. The number of amides is 1. The third-order valence-corrected chi connectivity index (χ3v) is 8.56. The summed E-state index contributed by atoms with van der Waals surface area (Å²) >= 11 is 0. The Morgan fingerprint density at radius 3 is 1.51 bits per heavy atom. The van der Waals surface area contributed by atoms with Gasteiger partial charge in [-0.1, -0.05) is 0 Å². The fourth-order valence-electron chi connectivity index (χ4n) is 6.46. The van der Waals surface area contributed by atoms with Crippen molar-refractivity contribution in [3.63, 3.8) is 0 Å². The molecule has 3 fully saturated rings. The summed E-state index contributed by atoms with van der Waals surface area (Å²) in [6.45, 7) is 4.05. The number of hydrogen-bond donors (Lipinski definition) is 1. The molecule has 0 saturated carbocycles. The third-order valence-electron chi connectivity index (χ3n) is 8.56. The Balaban J connectivity index is 1.90. The van der Waals surface area contributed by atoms with Crippen LogP contribution >= 0.6 is 0 Å². The van der Waals surface area contributed by atoms with Gasteiger partial charge in [-0.3, -0.25) is 4.79 Å². The number of carbonyl (C=O) groups excluding carboxylic acids is 1. The van der Waals surface area contributed by atoms with Gasteiger partial charge >= 0.3 is 0 Å². The number of carbonyl (C=O) groups is 1. The van der Waals surface area contributed by atoms with Crippen LogP contribution in [-0.4, -0.2) is 168 Å². The molecule has 0 spiro atoms. The van der Waals surface area contributed by atoms with Gasteiger partial charge in [-0.05, 0) is 19.8 Å². The van der Waals surface area contributed by atoms with Gasteiger partial charge in [0, 0.05) is 56.9 Å². The molecule has 0 aromatic rings. The second kappa shape index (κ2) is 18.2. The zero-order chi connectivity index (χ0) is 33.3. The van der Waals surface area contributed by atoms with Crippen molar-refractivity contribution in [3.8, 4) is 12.3 Å². The van der Waals surface area contributed by atoms with Gasteiger partial charge in [-0.25, -0.2) is 0 Å². The van der Waals surface area contributed by atoms with Gasteiger partial charge < -0.3 is 66.9 Å². The quantitative estimate of drug-likeness (QED) is 0.228. The molecule has 14 unspecified atom stereocenters. The lowest BCUT2D eigenvalue weighted by molar-refractivity contribution is -0.374. The molecule has 45 heavy (non-hydrogen) atoms. The molecule has 15 heteroatoms. The SMILES string of the molecule is C#CC(=O)NC1C(C)OC(OC2C(COC)OC(OC3C(COC)OC(C)C(OC)[C@@H]3OC)C(OC)C2OC)C(OC)C1OC. The first kappa shape index (κ1) is 38.0. The van der Waals surface area contributed by atoms with Crippen LogP contribution in [0.4, 0.5) is 0 Å². The van der Waals surface area contributed by atoms with Gasteiger partial charge in [0.05, 0.1) is 31.5 Å². The first-order chi connectivity index (χ1) is 21.7. The predicted molar refractivity (Wildman–Crippen MR) is 156 cm³/mol. The minimum absolute atomic E-state index is 0.114. The van der Waals surface area contributed by atoms with Crippen molar-refractivity contribution in [1.82, 2.24) is 5.32 Å². The van der Waals surface area contributed by atoms with E-state index in [1.165, 1.54) is 21.3 Å². The average molecular weight is 650 g/mol. The van der Waals surface area contributed by atoms with Gasteiger partial charge in [0.1, 0.15) is 61.0 Å². The largest absolute Gasteiger partial charge is 0.382 e. The lowest BCUT2D eigenvalue weighted by atomic mass is 9.94. The van der Waals surface area contributed by atoms with Crippen LogP contribution in [0.1, 0.15) is 13.8 Å². The molecule has 3 aliphatic heterocycles. The minimum atomic E-state index is -0.964. The van der Waals surface area contributed by atoms with Crippen LogP contribution in [-0.2, 0) is 66.4 Å². The highest BCUT2D eigenvalue weighted by atomic mass is 16.8. The topological polar surface area (TPSA) is 149 Å². The smallest absolute Gasteiger partial charge is 0.296 e. The maximum Gasteiger partial charge on any atom is 0.296 e. The average Bonchev–Trinajstić information content (AvgIpc) is 3.03. The Morgan fingerprint density at radius 1 is 0.600 bits per heavy atom. The third kappa shape index (κ3) is 8.52. The highest BCUT2D eigenvalue weighted by molar-refractivity contribution is 5.93. The van der Waals surface area contributed by atoms with E-state index in [-0.39, 0.29) is 19.3 Å². The van der Waals surface area contributed by atoms with Crippen LogP contribution in [0.5, 0.6) is 0 Å². The van der Waals surface area contributed by atoms with E-state index in [0.29, 0.717) is 0 Å². The molecule has 0 aromatic carbocycles. The van der Waals surface area contributed by atoms with E-state index in [2.05, 4.69) is 11.2 Å². The molecule has 3 saturated heterocycles. The van der Waals surface area contributed by atoms with Crippen LogP contribution in [0.15, 0.2) is 0 Å². The van der Waals surface area contributed by atoms with E-state index in [4.69, 9.17) is 68.0 Å². The molecular formula is C30H51NO14. The maximum absolute atomic E-state index is 12.0. The molecular weight excluding hydrogens is 598 g/mol. The molecule has 15 atom stereocenters. The molecule has 3 rings (SSSR count). The van der Waals surface area contributed by atoms with Gasteiger partial charge in [0.2, 0.25) is 0 Å². The fourth-order valence-corrected chi connectivity index (χ4v) is 6.46. The van der Waals surface area contributed by atoms with Crippen LogP contribution in [0, 0.1) is 12.3 Å². The van der Waals surface area contributed by atoms with Crippen LogP contribution in [0.3, 0.4) is 0 Å². The number of ether oxygens (including phenoxy) is 13. The number of hydrogen-bond acceptors (Lipinski definition) is 14. The number of terminal acetylenes is 1. The maximum atomic E-state index is 12.0. The van der Waals surface area contributed by atoms with Crippen LogP contribution in [0.25, 0.3) is 0 Å². The van der Waals surface area contributed by atoms with Gasteiger partial charge in [0.25, 0.3) is 5.91 Å². The van der Waals surface area contributed by atoms with Crippen LogP contribution in [0.2, 0.25) is 0 Å². The van der Waals surface area contributed by atoms with E-state index in [0.717, 1.165) is 0 Å². The second-order valence-electron chi connectivity index (χ2n) is 11.1. The number of nitrogens with one attached hydrogen (secondary N) is 1. The van der Waals surface area contributed by atoms with Crippen molar-refractivity contribution in [2.24, 2.45) is 0 Å². The Hall–Kier alpha value is -1.49. The summed E-state index contributed by atoms with van der Waals surface area (Å²) in [6, 6.07) is -0.603. The lowest BCUT2D eigenvalue weighted by Gasteiger charge is -2.51. The molecule has 0 aromatic heterocycles. The van der Waals surface area contributed by atoms with Crippen molar-refractivity contribution < 1.29 is 66.4 Å². The summed E-state index contributed by atoms with van der Waals surface area (Å²) in [5.41, 5.74) is 0. The Labute approximate surface area is 265 Å². The summed E-state index contributed by atoms with van der Waals surface area (Å²) < 4.78 is 78.1. The molecule has 0 radical (unpaired) electrons. The molecule has 3 aliphatic rings. The van der Waals surface area contributed by atoms with E-state index in [1.54, 1.807) is 42.5 Å². The zero-order valence-corrected chi connectivity index (χ0v) is 27.9. The minimum Gasteiger partial charge on any atom is -0.382 e. The summed E-state index contributed by atoms with van der Waals surface area (Å²) in [7, 11) is 12.4. The van der Waals surface area contributed by atoms with E-state index in [1.807, 2.05) is 6.92 Å². The van der Waals surface area contributed by atoms with E-state index < -0.39 is 91.7 Å². The molecule has 260 valence electrons. The monoisotopic (exact) mass is 649 g/mol. The molecule has 3 heterocycles. The molecule has 1 amide bonds. The van der Waals surface area contributed by atoms with Crippen molar-refractivity contribution >= 4 is 5.91 Å². The molecule has 1 N–H and O–H groups in total. The fraction of sp³-hybridized carbons (Fsp3) is 0.900. The predicted octanol–water partition coefficient (Wildman–Crippen LogP) is -0.485. The summed E-state index contributed by atoms with van der Waals surface area (Å²) in [4.78, 5) is 12.0. The Morgan fingerprint density at radius 2 is 1.04 bits per heavy atom. The second-order valence-corrected chi connectivity index (χ2v) is 11.1. The van der Waals surface area contributed by atoms with Gasteiger partial charge in [-0.2, -0.15) is 0 Å². The Kier molecular flexibility index (Phi) is 15.3. The summed E-state index contributed by atoms with van der Waals surface area (Å²) in [5.74, 6) is 1.46. The first-order valence-electron chi connectivity index (χ1n) is 14.9. The first-order valence-corrected chi connectivity index (χ1v) is 14.9. The molecule has 15 nitrogen and oxygen atoms in total. The van der Waals surface area contributed by atoms with Gasteiger partial charge in [0.15, 0.2) is 12.6 Å². The molecule has 0 aliphatic carbocycles. The van der Waals surface area contributed by atoms with Crippen molar-refractivity contribution in [2.75, 3.05) is 70.1 Å². The van der Waals surface area contributed by atoms with Crippen molar-refractivity contribution in [1.29, 1.82) is 0 Å². The molecule has 0 bridgehead atoms. The zero-order valence-electron chi connectivity index (χ0n) is 27.9. The van der Waals surface area contributed by atoms with Crippen molar-refractivity contribution in [3.05, 3.63) is 0 Å². The Bertz CT molecular complexity index is 937. The summed E-state index contributed by atoms with van der Waals surface area (Å²) in [6.07, 6.45) is -4.00. The van der Waals surface area contributed by atoms with E-state index >= 15 is 0 Å². The van der Waals surface area contributed by atoms with Crippen LogP contribution < -0.4 is 5.32 Å².